The Kier molecular flexibility index (Phi) is 3.40. The fraction of sp³-hybridized carbons (Fsp3) is 0.250. The number of halogens is 2. The van der Waals surface area contributed by atoms with Crippen LogP contribution in [0, 0.1) is 11.6 Å². The first-order valence-electron chi connectivity index (χ1n) is 6.68. The highest BCUT2D eigenvalue weighted by Gasteiger charge is 2.20. The van der Waals surface area contributed by atoms with E-state index in [1.165, 1.54) is 18.2 Å². The Bertz CT molecular complexity index is 640. The van der Waals surface area contributed by atoms with E-state index in [9.17, 15) is 8.78 Å². The first-order valence-corrected chi connectivity index (χ1v) is 6.68. The minimum absolute atomic E-state index is 0.252. The van der Waals surface area contributed by atoms with E-state index in [0.717, 1.165) is 29.8 Å². The highest BCUT2D eigenvalue weighted by molar-refractivity contribution is 5.58. The highest BCUT2D eigenvalue weighted by atomic mass is 19.1. The second kappa shape index (κ2) is 5.21. The Morgan fingerprint density at radius 1 is 1.10 bits per heavy atom. The predicted octanol–water partition coefficient (Wildman–Crippen LogP) is 2.99. The van der Waals surface area contributed by atoms with Crippen molar-refractivity contribution in [3.8, 4) is 0 Å². The van der Waals surface area contributed by atoms with Gasteiger partial charge in [0.1, 0.15) is 11.6 Å². The van der Waals surface area contributed by atoms with E-state index >= 15 is 0 Å². The minimum atomic E-state index is -0.255. The number of hydrogen-bond donors (Lipinski definition) is 1. The van der Waals surface area contributed by atoms with Crippen LogP contribution in [0.5, 0.6) is 0 Å². The lowest BCUT2D eigenvalue weighted by atomic mass is 10.1. The molecule has 3 rings (SSSR count). The molecule has 2 aromatic carbocycles. The van der Waals surface area contributed by atoms with Crippen LogP contribution in [0.2, 0.25) is 0 Å². The van der Waals surface area contributed by atoms with Gasteiger partial charge in [-0.2, -0.15) is 0 Å². The number of nitrogens with zero attached hydrogens (tertiary/aromatic N) is 1. The number of hydrogen-bond acceptors (Lipinski definition) is 2. The molecule has 2 N–H and O–H groups in total. The zero-order valence-electron chi connectivity index (χ0n) is 11.1. The highest BCUT2D eigenvalue weighted by Crippen LogP contribution is 2.30. The zero-order chi connectivity index (χ0) is 14.1. The molecule has 0 radical (unpaired) electrons. The predicted molar refractivity (Wildman–Crippen MR) is 75.4 cm³/mol. The standard InChI is InChI=1S/C16H16F2N2/c17-14-4-3-12-5-6-20(16(12)8-14)10-13-2-1-11(9-19)7-15(13)18/h1-4,7-8H,5-6,9-10,19H2. The maximum Gasteiger partial charge on any atom is 0.128 e. The lowest BCUT2D eigenvalue weighted by Crippen LogP contribution is -2.20. The number of nitrogens with two attached hydrogens (primary N) is 1. The Labute approximate surface area is 116 Å². The number of fused-ring (bicyclic) bond motifs is 1. The largest absolute Gasteiger partial charge is 0.366 e. The van der Waals surface area contributed by atoms with Crippen molar-refractivity contribution in [3.63, 3.8) is 0 Å². The van der Waals surface area contributed by atoms with Crippen molar-refractivity contribution in [1.82, 2.24) is 0 Å². The van der Waals surface area contributed by atoms with Crippen LogP contribution >= 0.6 is 0 Å². The first-order chi connectivity index (χ1) is 9.67. The van der Waals surface area contributed by atoms with Crippen LogP contribution in [-0.2, 0) is 19.5 Å². The van der Waals surface area contributed by atoms with Gasteiger partial charge in [-0.25, -0.2) is 8.78 Å². The smallest absolute Gasteiger partial charge is 0.128 e. The molecule has 1 aliphatic rings. The van der Waals surface area contributed by atoms with Crippen molar-refractivity contribution < 1.29 is 8.78 Å². The fourth-order valence-corrected chi connectivity index (χ4v) is 2.63. The van der Waals surface area contributed by atoms with Gasteiger partial charge < -0.3 is 10.6 Å². The lowest BCUT2D eigenvalue weighted by Gasteiger charge is -2.20. The van der Waals surface area contributed by atoms with E-state index in [4.69, 9.17) is 5.73 Å². The molecule has 0 spiro atoms. The summed E-state index contributed by atoms with van der Waals surface area (Å²) in [5, 5.41) is 0. The van der Waals surface area contributed by atoms with E-state index in [1.54, 1.807) is 12.1 Å². The molecule has 0 unspecified atom stereocenters. The van der Waals surface area contributed by atoms with E-state index < -0.39 is 0 Å². The Balaban J connectivity index is 1.85. The Morgan fingerprint density at radius 2 is 1.95 bits per heavy atom. The summed E-state index contributed by atoms with van der Waals surface area (Å²) in [6, 6.07) is 9.86. The molecule has 2 nitrogen and oxygen atoms in total. The van der Waals surface area contributed by atoms with Crippen molar-refractivity contribution in [1.29, 1.82) is 0 Å². The molecule has 0 aliphatic carbocycles. The van der Waals surface area contributed by atoms with Crippen LogP contribution in [0.15, 0.2) is 36.4 Å². The second-order valence-electron chi connectivity index (χ2n) is 5.07. The molecular weight excluding hydrogens is 258 g/mol. The molecule has 20 heavy (non-hydrogen) atoms. The van der Waals surface area contributed by atoms with Gasteiger partial charge in [0.15, 0.2) is 0 Å². The second-order valence-corrected chi connectivity index (χ2v) is 5.07. The first kappa shape index (κ1) is 13.1. The van der Waals surface area contributed by atoms with Gasteiger partial charge in [-0.05, 0) is 35.7 Å². The van der Waals surface area contributed by atoms with Gasteiger partial charge in [-0.15, -0.1) is 0 Å². The SMILES string of the molecule is NCc1ccc(CN2CCc3ccc(F)cc32)c(F)c1. The van der Waals surface area contributed by atoms with Gasteiger partial charge in [0, 0.05) is 30.9 Å². The van der Waals surface area contributed by atoms with E-state index in [0.29, 0.717) is 18.7 Å². The van der Waals surface area contributed by atoms with Gasteiger partial charge in [0.05, 0.1) is 0 Å². The molecule has 2 aromatic rings. The van der Waals surface area contributed by atoms with Crippen LogP contribution in [0.1, 0.15) is 16.7 Å². The third-order valence-corrected chi connectivity index (χ3v) is 3.75. The van der Waals surface area contributed by atoms with Gasteiger partial charge in [-0.3, -0.25) is 0 Å². The summed E-state index contributed by atoms with van der Waals surface area (Å²) < 4.78 is 27.3. The molecular formula is C16H16F2N2. The molecule has 0 fully saturated rings. The van der Waals surface area contributed by atoms with E-state index in [2.05, 4.69) is 0 Å². The lowest BCUT2D eigenvalue weighted by molar-refractivity contribution is 0.603. The van der Waals surface area contributed by atoms with Gasteiger partial charge in [0.2, 0.25) is 0 Å². The summed E-state index contributed by atoms with van der Waals surface area (Å²) >= 11 is 0. The number of anilines is 1. The van der Waals surface area contributed by atoms with Crippen molar-refractivity contribution in [2.45, 2.75) is 19.5 Å². The maximum atomic E-state index is 14.0. The molecule has 0 amide bonds. The normalized spacial score (nSPS) is 13.7. The zero-order valence-corrected chi connectivity index (χ0v) is 11.1. The van der Waals surface area contributed by atoms with Crippen molar-refractivity contribution >= 4 is 5.69 Å². The van der Waals surface area contributed by atoms with Gasteiger partial charge in [-0.1, -0.05) is 18.2 Å². The summed E-state index contributed by atoms with van der Waals surface area (Å²) in [5.41, 5.74) is 8.86. The van der Waals surface area contributed by atoms with Crippen LogP contribution in [0.4, 0.5) is 14.5 Å². The molecule has 0 saturated heterocycles. The molecule has 1 heterocycles. The van der Waals surface area contributed by atoms with Crippen molar-refractivity contribution in [3.05, 3.63) is 64.7 Å². The molecule has 0 saturated carbocycles. The summed E-state index contributed by atoms with van der Waals surface area (Å²) in [6.07, 6.45) is 0.873. The summed E-state index contributed by atoms with van der Waals surface area (Å²) in [5.74, 6) is -0.507. The molecule has 104 valence electrons. The van der Waals surface area contributed by atoms with E-state index in [1.807, 2.05) is 11.0 Å². The molecule has 4 heteroatoms. The number of benzene rings is 2. The maximum absolute atomic E-state index is 14.0. The van der Waals surface area contributed by atoms with E-state index in [-0.39, 0.29) is 11.6 Å². The molecule has 0 bridgehead atoms. The van der Waals surface area contributed by atoms with Gasteiger partial charge >= 0.3 is 0 Å². The third kappa shape index (κ3) is 2.39. The van der Waals surface area contributed by atoms with Crippen LogP contribution in [-0.4, -0.2) is 6.54 Å². The average molecular weight is 274 g/mol. The monoisotopic (exact) mass is 274 g/mol. The van der Waals surface area contributed by atoms with Gasteiger partial charge in [0.25, 0.3) is 0 Å². The molecule has 1 aliphatic heterocycles. The van der Waals surface area contributed by atoms with Crippen LogP contribution in [0.3, 0.4) is 0 Å². The summed E-state index contributed by atoms with van der Waals surface area (Å²) in [6.45, 7) is 1.57. The number of rotatable bonds is 3. The van der Waals surface area contributed by atoms with Crippen LogP contribution < -0.4 is 10.6 Å². The fourth-order valence-electron chi connectivity index (χ4n) is 2.63. The summed E-state index contributed by atoms with van der Waals surface area (Å²) in [7, 11) is 0. The minimum Gasteiger partial charge on any atom is -0.366 e. The third-order valence-electron chi connectivity index (χ3n) is 3.75. The Hall–Kier alpha value is -1.94. The summed E-state index contributed by atoms with van der Waals surface area (Å²) in [4.78, 5) is 2.01. The molecule has 0 aromatic heterocycles. The van der Waals surface area contributed by atoms with Crippen molar-refractivity contribution in [2.24, 2.45) is 5.73 Å². The quantitative estimate of drug-likeness (QED) is 0.932. The average Bonchev–Trinajstić information content (AvgIpc) is 2.83. The topological polar surface area (TPSA) is 29.3 Å². The van der Waals surface area contributed by atoms with Crippen molar-refractivity contribution in [2.75, 3.05) is 11.4 Å². The molecule has 0 atom stereocenters. The Morgan fingerprint density at radius 3 is 2.70 bits per heavy atom. The van der Waals surface area contributed by atoms with Crippen LogP contribution in [0.25, 0.3) is 0 Å².